The first-order valence-corrected chi connectivity index (χ1v) is 4.79. The summed E-state index contributed by atoms with van der Waals surface area (Å²) in [4.78, 5) is 22.2. The maximum Gasteiger partial charge on any atom is 0.229 e. The van der Waals surface area contributed by atoms with Crippen molar-refractivity contribution in [3.8, 4) is 0 Å². The average molecular weight is 222 g/mol. The summed E-state index contributed by atoms with van der Waals surface area (Å²) in [6.45, 7) is 1.41. The SMILES string of the molecule is CC(=O)n1c(Cl)c(C=O)c2ccccc21. The van der Waals surface area contributed by atoms with Crippen LogP contribution in [0.15, 0.2) is 24.3 Å². The van der Waals surface area contributed by atoms with Crippen molar-refractivity contribution in [2.24, 2.45) is 0 Å². The number of carbonyl (C=O) groups is 2. The van der Waals surface area contributed by atoms with E-state index in [-0.39, 0.29) is 11.1 Å². The molecular weight excluding hydrogens is 214 g/mol. The molecule has 0 aliphatic rings. The third-order valence-electron chi connectivity index (χ3n) is 2.29. The molecule has 3 nitrogen and oxygen atoms in total. The zero-order valence-electron chi connectivity index (χ0n) is 8.03. The highest BCUT2D eigenvalue weighted by Gasteiger charge is 2.16. The minimum atomic E-state index is -0.204. The van der Waals surface area contributed by atoms with Crippen LogP contribution in [0.5, 0.6) is 0 Å². The maximum atomic E-state index is 11.4. The molecule has 0 radical (unpaired) electrons. The highest BCUT2D eigenvalue weighted by molar-refractivity contribution is 6.35. The van der Waals surface area contributed by atoms with Crippen LogP contribution in [0.4, 0.5) is 0 Å². The molecule has 2 aromatic rings. The van der Waals surface area contributed by atoms with Gasteiger partial charge in [-0.15, -0.1) is 0 Å². The molecule has 0 N–H and O–H groups in total. The number of benzene rings is 1. The second kappa shape index (κ2) is 3.51. The molecule has 4 heteroatoms. The first-order chi connectivity index (χ1) is 7.16. The van der Waals surface area contributed by atoms with Gasteiger partial charge in [-0.3, -0.25) is 14.2 Å². The summed E-state index contributed by atoms with van der Waals surface area (Å²) in [5.74, 6) is -0.204. The fraction of sp³-hybridized carbons (Fsp3) is 0.0909. The predicted octanol–water partition coefficient (Wildman–Crippen LogP) is 2.77. The fourth-order valence-corrected chi connectivity index (χ4v) is 2.01. The van der Waals surface area contributed by atoms with E-state index in [1.807, 2.05) is 0 Å². The molecule has 0 saturated carbocycles. The van der Waals surface area contributed by atoms with E-state index in [0.29, 0.717) is 22.8 Å². The molecular formula is C11H8ClNO2. The number of hydrogen-bond acceptors (Lipinski definition) is 2. The molecule has 1 aromatic carbocycles. The minimum absolute atomic E-state index is 0.179. The number of carbonyl (C=O) groups excluding carboxylic acids is 2. The van der Waals surface area contributed by atoms with Crippen molar-refractivity contribution in [2.45, 2.75) is 6.92 Å². The van der Waals surface area contributed by atoms with Crippen molar-refractivity contribution in [2.75, 3.05) is 0 Å². The van der Waals surface area contributed by atoms with E-state index in [9.17, 15) is 9.59 Å². The summed E-state index contributed by atoms with van der Waals surface area (Å²) < 4.78 is 1.33. The van der Waals surface area contributed by atoms with Gasteiger partial charge in [0.1, 0.15) is 5.15 Å². The van der Waals surface area contributed by atoms with Gasteiger partial charge < -0.3 is 0 Å². The summed E-state index contributed by atoms with van der Waals surface area (Å²) >= 11 is 5.96. The van der Waals surface area contributed by atoms with E-state index in [1.165, 1.54) is 11.5 Å². The molecule has 76 valence electrons. The molecule has 0 unspecified atom stereocenters. The molecule has 15 heavy (non-hydrogen) atoms. The Morgan fingerprint density at radius 1 is 1.40 bits per heavy atom. The van der Waals surface area contributed by atoms with Crippen molar-refractivity contribution in [3.63, 3.8) is 0 Å². The van der Waals surface area contributed by atoms with Crippen molar-refractivity contribution in [3.05, 3.63) is 35.0 Å². The fourth-order valence-electron chi connectivity index (χ4n) is 1.65. The molecule has 0 fully saturated rings. The Labute approximate surface area is 91.3 Å². The van der Waals surface area contributed by atoms with Gasteiger partial charge in [-0.25, -0.2) is 0 Å². The Morgan fingerprint density at radius 2 is 2.07 bits per heavy atom. The first kappa shape index (κ1) is 9.93. The van der Waals surface area contributed by atoms with Gasteiger partial charge in [0.25, 0.3) is 0 Å². The predicted molar refractivity (Wildman–Crippen MR) is 58.6 cm³/mol. The lowest BCUT2D eigenvalue weighted by molar-refractivity contribution is 0.0942. The normalized spacial score (nSPS) is 10.5. The zero-order chi connectivity index (χ0) is 11.0. The van der Waals surface area contributed by atoms with Crippen LogP contribution < -0.4 is 0 Å². The lowest BCUT2D eigenvalue weighted by Crippen LogP contribution is -2.04. The van der Waals surface area contributed by atoms with Crippen LogP contribution in [-0.4, -0.2) is 16.8 Å². The standard InChI is InChI=1S/C11H8ClNO2/c1-7(15)13-10-5-3-2-4-8(10)9(6-14)11(13)12/h2-6H,1H3. The maximum absolute atomic E-state index is 11.4. The topological polar surface area (TPSA) is 39.1 Å². The van der Waals surface area contributed by atoms with E-state index in [2.05, 4.69) is 0 Å². The molecule has 1 heterocycles. The van der Waals surface area contributed by atoms with Gasteiger partial charge in [0, 0.05) is 12.3 Å². The van der Waals surface area contributed by atoms with Gasteiger partial charge in [-0.2, -0.15) is 0 Å². The van der Waals surface area contributed by atoms with Gasteiger partial charge in [-0.05, 0) is 6.07 Å². The highest BCUT2D eigenvalue weighted by atomic mass is 35.5. The van der Waals surface area contributed by atoms with Crippen LogP contribution in [0.2, 0.25) is 5.15 Å². The first-order valence-electron chi connectivity index (χ1n) is 4.42. The van der Waals surface area contributed by atoms with Crippen molar-refractivity contribution in [1.29, 1.82) is 0 Å². The minimum Gasteiger partial charge on any atom is -0.298 e. The number of fused-ring (bicyclic) bond motifs is 1. The summed E-state index contributed by atoms with van der Waals surface area (Å²) in [5, 5.41) is 0.881. The van der Waals surface area contributed by atoms with Crippen LogP contribution in [0.25, 0.3) is 10.9 Å². The van der Waals surface area contributed by atoms with E-state index in [0.717, 1.165) is 0 Å². The average Bonchev–Trinajstić information content (AvgIpc) is 2.49. The van der Waals surface area contributed by atoms with E-state index in [1.54, 1.807) is 24.3 Å². The molecule has 0 aliphatic heterocycles. The number of rotatable bonds is 1. The molecule has 1 aromatic heterocycles. The summed E-state index contributed by atoms with van der Waals surface area (Å²) in [7, 11) is 0. The monoisotopic (exact) mass is 221 g/mol. The molecule has 0 spiro atoms. The molecule has 0 aliphatic carbocycles. The lowest BCUT2D eigenvalue weighted by atomic mass is 10.2. The number of aromatic nitrogens is 1. The molecule has 2 rings (SSSR count). The van der Waals surface area contributed by atoms with Crippen LogP contribution in [0.1, 0.15) is 22.1 Å². The van der Waals surface area contributed by atoms with Crippen LogP contribution in [0.3, 0.4) is 0 Å². The third-order valence-corrected chi connectivity index (χ3v) is 2.66. The Hall–Kier alpha value is -1.61. The van der Waals surface area contributed by atoms with Crippen molar-refractivity contribution in [1.82, 2.24) is 4.57 Å². The van der Waals surface area contributed by atoms with Crippen molar-refractivity contribution >= 4 is 34.7 Å². The number of para-hydroxylation sites is 1. The van der Waals surface area contributed by atoms with E-state index >= 15 is 0 Å². The number of nitrogens with zero attached hydrogens (tertiary/aromatic N) is 1. The summed E-state index contributed by atoms with van der Waals surface area (Å²) in [6, 6.07) is 7.13. The largest absolute Gasteiger partial charge is 0.298 e. The van der Waals surface area contributed by atoms with Crippen LogP contribution in [-0.2, 0) is 0 Å². The Balaban J connectivity index is 2.97. The summed E-state index contributed by atoms with van der Waals surface area (Å²) in [5.41, 5.74) is 1.03. The third kappa shape index (κ3) is 1.36. The number of halogens is 1. The molecule has 0 saturated heterocycles. The number of hydrogen-bond donors (Lipinski definition) is 0. The Kier molecular flexibility index (Phi) is 2.32. The molecule has 0 bridgehead atoms. The zero-order valence-corrected chi connectivity index (χ0v) is 8.78. The van der Waals surface area contributed by atoms with Crippen LogP contribution >= 0.6 is 11.6 Å². The van der Waals surface area contributed by atoms with Gasteiger partial charge in [-0.1, -0.05) is 29.8 Å². The van der Waals surface area contributed by atoms with E-state index < -0.39 is 0 Å². The van der Waals surface area contributed by atoms with Gasteiger partial charge in [0.05, 0.1) is 11.1 Å². The smallest absolute Gasteiger partial charge is 0.229 e. The quantitative estimate of drug-likeness (QED) is 0.695. The lowest BCUT2D eigenvalue weighted by Gasteiger charge is -1.99. The Bertz CT molecular complexity index is 557. The van der Waals surface area contributed by atoms with Crippen molar-refractivity contribution < 1.29 is 9.59 Å². The molecule has 0 atom stereocenters. The van der Waals surface area contributed by atoms with Gasteiger partial charge >= 0.3 is 0 Å². The van der Waals surface area contributed by atoms with Crippen LogP contribution in [0, 0.1) is 0 Å². The number of aldehydes is 1. The van der Waals surface area contributed by atoms with Gasteiger partial charge in [0.2, 0.25) is 5.91 Å². The Morgan fingerprint density at radius 3 is 2.67 bits per heavy atom. The van der Waals surface area contributed by atoms with Gasteiger partial charge in [0.15, 0.2) is 6.29 Å². The highest BCUT2D eigenvalue weighted by Crippen LogP contribution is 2.28. The molecule has 0 amide bonds. The second-order valence-electron chi connectivity index (χ2n) is 3.19. The van der Waals surface area contributed by atoms with E-state index in [4.69, 9.17) is 11.6 Å². The summed E-state index contributed by atoms with van der Waals surface area (Å²) in [6.07, 6.45) is 0.671. The second-order valence-corrected chi connectivity index (χ2v) is 3.55.